The zero-order valence-corrected chi connectivity index (χ0v) is 15.7. The van der Waals surface area contributed by atoms with Crippen LogP contribution in [0.4, 0.5) is 5.69 Å². The standard InChI is InChI=1S/C16H27N3O4S/c1-6-23-14-8-7-12(10-15(14)24(21,22)19(4)5)18-16(20)13(17)9-11(2)3/h7-8,10-11,13H,6,9,17H2,1-5H3,(H,18,20)/t13-/m0/s1. The summed E-state index contributed by atoms with van der Waals surface area (Å²) in [4.78, 5) is 12.1. The highest BCUT2D eigenvalue weighted by Gasteiger charge is 2.24. The Morgan fingerprint density at radius 2 is 1.96 bits per heavy atom. The third kappa shape index (κ3) is 5.19. The predicted octanol–water partition coefficient (Wildman–Crippen LogP) is 1.65. The number of rotatable bonds is 8. The summed E-state index contributed by atoms with van der Waals surface area (Å²) in [6.07, 6.45) is 0.547. The minimum absolute atomic E-state index is 0.00424. The number of anilines is 1. The molecule has 0 fully saturated rings. The van der Waals surface area contributed by atoms with E-state index < -0.39 is 16.1 Å². The number of ether oxygens (including phenoxy) is 1. The molecule has 0 aromatic heterocycles. The van der Waals surface area contributed by atoms with Crippen LogP contribution < -0.4 is 15.8 Å². The molecule has 1 aromatic rings. The van der Waals surface area contributed by atoms with E-state index in [2.05, 4.69) is 5.32 Å². The smallest absolute Gasteiger partial charge is 0.246 e. The lowest BCUT2D eigenvalue weighted by molar-refractivity contribution is -0.117. The van der Waals surface area contributed by atoms with Crippen molar-refractivity contribution in [2.24, 2.45) is 11.7 Å². The van der Waals surface area contributed by atoms with Gasteiger partial charge in [-0.2, -0.15) is 0 Å². The molecule has 1 amide bonds. The van der Waals surface area contributed by atoms with E-state index >= 15 is 0 Å². The molecule has 8 heteroatoms. The van der Waals surface area contributed by atoms with Crippen LogP contribution in [0.2, 0.25) is 0 Å². The summed E-state index contributed by atoms with van der Waals surface area (Å²) in [5.74, 6) is 0.187. The van der Waals surface area contributed by atoms with Gasteiger partial charge in [-0.1, -0.05) is 13.8 Å². The molecule has 0 heterocycles. The van der Waals surface area contributed by atoms with E-state index in [0.29, 0.717) is 18.7 Å². The second kappa shape index (κ2) is 8.46. The van der Waals surface area contributed by atoms with E-state index in [1.165, 1.54) is 26.2 Å². The summed E-state index contributed by atoms with van der Waals surface area (Å²) in [5, 5.41) is 2.67. The molecule has 1 atom stereocenters. The number of sulfonamides is 1. The van der Waals surface area contributed by atoms with E-state index in [1.54, 1.807) is 13.0 Å². The van der Waals surface area contributed by atoms with Crippen molar-refractivity contribution in [3.05, 3.63) is 18.2 Å². The lowest BCUT2D eigenvalue weighted by Crippen LogP contribution is -2.36. The molecule has 0 unspecified atom stereocenters. The molecule has 1 rings (SSSR count). The predicted molar refractivity (Wildman–Crippen MR) is 94.5 cm³/mol. The van der Waals surface area contributed by atoms with E-state index in [1.807, 2.05) is 13.8 Å². The lowest BCUT2D eigenvalue weighted by atomic mass is 10.0. The van der Waals surface area contributed by atoms with Gasteiger partial charge in [0.05, 0.1) is 12.6 Å². The van der Waals surface area contributed by atoms with Gasteiger partial charge in [-0.3, -0.25) is 4.79 Å². The molecule has 7 nitrogen and oxygen atoms in total. The number of hydrogen-bond donors (Lipinski definition) is 2. The van der Waals surface area contributed by atoms with Gasteiger partial charge in [0.15, 0.2) is 0 Å². The second-order valence-corrected chi connectivity index (χ2v) is 8.23. The number of amides is 1. The number of nitrogens with one attached hydrogen (secondary N) is 1. The average Bonchev–Trinajstić information content (AvgIpc) is 2.47. The quantitative estimate of drug-likeness (QED) is 0.736. The molecule has 24 heavy (non-hydrogen) atoms. The maximum absolute atomic E-state index is 12.5. The van der Waals surface area contributed by atoms with Crippen molar-refractivity contribution in [3.63, 3.8) is 0 Å². The summed E-state index contributed by atoms with van der Waals surface area (Å²) >= 11 is 0. The lowest BCUT2D eigenvalue weighted by Gasteiger charge is -2.18. The fourth-order valence-electron chi connectivity index (χ4n) is 2.11. The van der Waals surface area contributed by atoms with Crippen LogP contribution in [-0.4, -0.2) is 45.4 Å². The number of nitrogens with two attached hydrogens (primary N) is 1. The first-order valence-corrected chi connectivity index (χ1v) is 9.29. The Balaban J connectivity index is 3.13. The van der Waals surface area contributed by atoms with Gasteiger partial charge < -0.3 is 15.8 Å². The van der Waals surface area contributed by atoms with Crippen molar-refractivity contribution in [1.82, 2.24) is 4.31 Å². The molecule has 0 spiro atoms. The molecule has 0 aliphatic heterocycles. The van der Waals surface area contributed by atoms with Crippen LogP contribution >= 0.6 is 0 Å². The van der Waals surface area contributed by atoms with Gasteiger partial charge in [-0.05, 0) is 37.5 Å². The van der Waals surface area contributed by atoms with Crippen LogP contribution in [0.5, 0.6) is 5.75 Å². The van der Waals surface area contributed by atoms with Gasteiger partial charge in [-0.25, -0.2) is 12.7 Å². The number of benzene rings is 1. The van der Waals surface area contributed by atoms with Crippen LogP contribution in [-0.2, 0) is 14.8 Å². The Morgan fingerprint density at radius 3 is 2.46 bits per heavy atom. The van der Waals surface area contributed by atoms with E-state index in [0.717, 1.165) is 4.31 Å². The van der Waals surface area contributed by atoms with E-state index in [-0.39, 0.29) is 22.5 Å². The Hall–Kier alpha value is -1.64. The number of hydrogen-bond acceptors (Lipinski definition) is 5. The third-order valence-corrected chi connectivity index (χ3v) is 5.17. The molecule has 0 bridgehead atoms. The Kier molecular flexibility index (Phi) is 7.19. The molecule has 0 saturated heterocycles. The maximum atomic E-state index is 12.5. The first kappa shape index (κ1) is 20.4. The Bertz CT molecular complexity index is 672. The highest BCUT2D eigenvalue weighted by molar-refractivity contribution is 7.89. The first-order valence-electron chi connectivity index (χ1n) is 7.85. The van der Waals surface area contributed by atoms with Gasteiger partial charge in [0.2, 0.25) is 15.9 Å². The Labute approximate surface area is 144 Å². The monoisotopic (exact) mass is 357 g/mol. The maximum Gasteiger partial charge on any atom is 0.246 e. The highest BCUT2D eigenvalue weighted by atomic mass is 32.2. The highest BCUT2D eigenvalue weighted by Crippen LogP contribution is 2.29. The molecule has 0 saturated carbocycles. The van der Waals surface area contributed by atoms with Crippen LogP contribution in [0, 0.1) is 5.92 Å². The molecule has 0 aliphatic rings. The van der Waals surface area contributed by atoms with Crippen molar-refractivity contribution in [3.8, 4) is 5.75 Å². The molecular weight excluding hydrogens is 330 g/mol. The molecule has 136 valence electrons. The molecule has 3 N–H and O–H groups in total. The fraction of sp³-hybridized carbons (Fsp3) is 0.562. The SMILES string of the molecule is CCOc1ccc(NC(=O)[C@@H](N)CC(C)C)cc1S(=O)(=O)N(C)C. The minimum atomic E-state index is -3.70. The van der Waals surface area contributed by atoms with Gasteiger partial charge in [0.25, 0.3) is 0 Å². The van der Waals surface area contributed by atoms with Gasteiger partial charge in [0, 0.05) is 19.8 Å². The van der Waals surface area contributed by atoms with E-state index in [4.69, 9.17) is 10.5 Å². The Morgan fingerprint density at radius 1 is 1.33 bits per heavy atom. The topological polar surface area (TPSA) is 102 Å². The second-order valence-electron chi connectivity index (χ2n) is 6.11. The number of carbonyl (C=O) groups is 1. The zero-order valence-electron chi connectivity index (χ0n) is 14.9. The van der Waals surface area contributed by atoms with Crippen molar-refractivity contribution in [1.29, 1.82) is 0 Å². The first-order chi connectivity index (χ1) is 11.1. The summed E-state index contributed by atoms with van der Waals surface area (Å²) in [6.45, 7) is 6.06. The van der Waals surface area contributed by atoms with Crippen LogP contribution in [0.25, 0.3) is 0 Å². The number of carbonyl (C=O) groups excluding carboxylic acids is 1. The van der Waals surface area contributed by atoms with Crippen LogP contribution in [0.15, 0.2) is 23.1 Å². The molecule has 0 aliphatic carbocycles. The molecular formula is C16H27N3O4S. The van der Waals surface area contributed by atoms with Gasteiger partial charge in [-0.15, -0.1) is 0 Å². The van der Waals surface area contributed by atoms with Crippen LogP contribution in [0.3, 0.4) is 0 Å². The van der Waals surface area contributed by atoms with Gasteiger partial charge >= 0.3 is 0 Å². The van der Waals surface area contributed by atoms with Crippen molar-refractivity contribution in [2.75, 3.05) is 26.0 Å². The summed E-state index contributed by atoms with van der Waals surface area (Å²) in [6, 6.07) is 3.87. The largest absolute Gasteiger partial charge is 0.492 e. The summed E-state index contributed by atoms with van der Waals surface area (Å²) < 4.78 is 31.4. The third-order valence-electron chi connectivity index (χ3n) is 3.33. The minimum Gasteiger partial charge on any atom is -0.492 e. The van der Waals surface area contributed by atoms with E-state index in [9.17, 15) is 13.2 Å². The normalized spacial score (nSPS) is 13.2. The summed E-state index contributed by atoms with van der Waals surface area (Å²) in [5.41, 5.74) is 6.22. The van der Waals surface area contributed by atoms with Crippen LogP contribution in [0.1, 0.15) is 27.2 Å². The molecule has 1 aromatic carbocycles. The van der Waals surface area contributed by atoms with Gasteiger partial charge in [0.1, 0.15) is 10.6 Å². The molecule has 0 radical (unpaired) electrons. The number of nitrogens with zero attached hydrogens (tertiary/aromatic N) is 1. The fourth-order valence-corrected chi connectivity index (χ4v) is 3.16. The average molecular weight is 357 g/mol. The zero-order chi connectivity index (χ0) is 18.5. The summed E-state index contributed by atoms with van der Waals surface area (Å²) in [7, 11) is -0.823. The van der Waals surface area contributed by atoms with Crippen molar-refractivity contribution >= 4 is 21.6 Å². The van der Waals surface area contributed by atoms with Crippen molar-refractivity contribution < 1.29 is 17.9 Å². The van der Waals surface area contributed by atoms with Crippen molar-refractivity contribution in [2.45, 2.75) is 38.1 Å².